The molecule has 0 aliphatic heterocycles. The van der Waals surface area contributed by atoms with Crippen LogP contribution in [0.3, 0.4) is 0 Å². The molecule has 6 aromatic rings. The molecule has 1 aromatic carbocycles. The first-order valence-corrected chi connectivity index (χ1v) is 16.4. The number of fused-ring (bicyclic) bond motifs is 3. The Morgan fingerprint density at radius 3 is 1.33 bits per heavy atom. The number of aromatic nitrogens is 7. The van der Waals surface area contributed by atoms with E-state index < -0.39 is 0 Å². The Bertz CT molecular complexity index is 1130. The van der Waals surface area contributed by atoms with E-state index in [0.29, 0.717) is 0 Å². The van der Waals surface area contributed by atoms with Crippen molar-refractivity contribution < 1.29 is 4.63 Å². The van der Waals surface area contributed by atoms with E-state index in [1.165, 1.54) is 0 Å². The highest BCUT2D eigenvalue weighted by atomic mass is 16.6. The summed E-state index contributed by atoms with van der Waals surface area (Å²) in [6, 6.07) is 15.3. The number of rotatable bonds is 0. The van der Waals surface area contributed by atoms with Crippen LogP contribution < -0.4 is 0 Å². The fraction of sp³-hybridized carbons (Fsp3) is 0.486. The first-order chi connectivity index (χ1) is 21.6. The average Bonchev–Trinajstić information content (AvgIpc) is 3.81. The highest BCUT2D eigenvalue weighted by Crippen LogP contribution is 2.05. The summed E-state index contributed by atoms with van der Waals surface area (Å²) in [5.41, 5.74) is 2.60. The molecule has 0 radical (unpaired) electrons. The van der Waals surface area contributed by atoms with Crippen LogP contribution in [-0.4, -0.2) is 34.1 Å². The number of hydrogen-bond acceptors (Lipinski definition) is 6. The molecule has 8 heteroatoms. The van der Waals surface area contributed by atoms with Gasteiger partial charge in [0, 0.05) is 43.4 Å². The summed E-state index contributed by atoms with van der Waals surface area (Å²) < 4.78 is 8.30. The largest absolute Gasteiger partial charge is 0.307 e. The van der Waals surface area contributed by atoms with Crippen molar-refractivity contribution in [3.05, 3.63) is 91.9 Å². The van der Waals surface area contributed by atoms with Crippen LogP contribution in [0.25, 0.3) is 22.5 Å². The van der Waals surface area contributed by atoms with Crippen LogP contribution in [-0.2, 0) is 0 Å². The van der Waals surface area contributed by atoms with Crippen LogP contribution in [0.2, 0.25) is 0 Å². The lowest BCUT2D eigenvalue weighted by molar-refractivity contribution is 0.315. The zero-order chi connectivity index (χ0) is 35.0. The highest BCUT2D eigenvalue weighted by Gasteiger charge is 1.93. The third-order valence-electron chi connectivity index (χ3n) is 3.63. The van der Waals surface area contributed by atoms with Gasteiger partial charge in [-0.2, -0.15) is 0 Å². The van der Waals surface area contributed by atoms with Crippen LogP contribution >= 0.6 is 0 Å². The minimum absolute atomic E-state index is 0.748. The molecule has 0 fully saturated rings. The lowest BCUT2D eigenvalue weighted by atomic mass is 10.3. The SMILES string of the molecule is CC.CC.CC.CC(C)C.CC(C)C.CC(C)C.c1ccc2nonc2c1.c1ccn2ccnc2c1.c1cnc2nccn2c1. The summed E-state index contributed by atoms with van der Waals surface area (Å²) in [6.07, 6.45) is 12.9. The van der Waals surface area contributed by atoms with Gasteiger partial charge in [-0.15, -0.1) is 0 Å². The summed E-state index contributed by atoms with van der Waals surface area (Å²) >= 11 is 0. The van der Waals surface area contributed by atoms with Gasteiger partial charge in [-0.25, -0.2) is 19.6 Å². The van der Waals surface area contributed by atoms with E-state index in [4.69, 9.17) is 0 Å². The van der Waals surface area contributed by atoms with Gasteiger partial charge in [-0.05, 0) is 58.4 Å². The molecule has 45 heavy (non-hydrogen) atoms. The maximum atomic E-state index is 4.46. The van der Waals surface area contributed by atoms with Crippen LogP contribution in [0.5, 0.6) is 0 Å². The van der Waals surface area contributed by atoms with E-state index in [9.17, 15) is 0 Å². The van der Waals surface area contributed by atoms with Crippen LogP contribution in [0.1, 0.15) is 104 Å². The lowest BCUT2D eigenvalue weighted by Gasteiger charge is -1.86. The molecule has 0 aliphatic rings. The van der Waals surface area contributed by atoms with E-state index in [0.717, 1.165) is 40.2 Å². The molecule has 0 N–H and O–H groups in total. The first kappa shape index (κ1) is 45.4. The molecule has 0 atom stereocenters. The molecule has 0 amide bonds. The van der Waals surface area contributed by atoms with Crippen molar-refractivity contribution in [2.24, 2.45) is 17.8 Å². The molecular weight excluding hydrogens is 558 g/mol. The third kappa shape index (κ3) is 26.1. The molecule has 0 unspecified atom stereocenters. The number of hydrogen-bond donors (Lipinski definition) is 0. The van der Waals surface area contributed by atoms with Gasteiger partial charge in [-0.3, -0.25) is 4.40 Å². The van der Waals surface area contributed by atoms with Gasteiger partial charge in [0.15, 0.2) is 0 Å². The van der Waals surface area contributed by atoms with Gasteiger partial charge in [-0.1, -0.05) is 122 Å². The van der Waals surface area contributed by atoms with Crippen LogP contribution in [0, 0.1) is 17.8 Å². The van der Waals surface area contributed by atoms with Crippen molar-refractivity contribution in [2.45, 2.75) is 104 Å². The van der Waals surface area contributed by atoms with Gasteiger partial charge in [0.2, 0.25) is 5.78 Å². The third-order valence-corrected chi connectivity index (χ3v) is 3.63. The fourth-order valence-corrected chi connectivity index (χ4v) is 2.35. The van der Waals surface area contributed by atoms with E-state index >= 15 is 0 Å². The summed E-state index contributed by atoms with van der Waals surface area (Å²) in [5, 5.41) is 7.27. The van der Waals surface area contributed by atoms with E-state index in [-0.39, 0.29) is 0 Å². The molecule has 8 nitrogen and oxygen atoms in total. The normalized spacial score (nSPS) is 8.93. The van der Waals surface area contributed by atoms with Crippen LogP contribution in [0.4, 0.5) is 0 Å². The molecule has 0 spiro atoms. The minimum Gasteiger partial charge on any atom is -0.307 e. The standard InChI is InChI=1S/C7H6N2.C6H5N3.C6H4N2O.3C4H10.3C2H6/c1-2-5-9-6-4-8-7(9)3-1;1-2-7-6-8-3-5-9(6)4-1;1-2-4-6-5(3-1)7-9-8-6;3*1-4(2)3;3*1-2/h1-6H;1-5H;1-4H;3*4H,1-3H3;3*1-2H3. The number of pyridine rings is 1. The second-order valence-electron chi connectivity index (χ2n) is 10.6. The van der Waals surface area contributed by atoms with Gasteiger partial charge in [0.05, 0.1) is 0 Å². The Labute approximate surface area is 274 Å². The molecule has 0 saturated heterocycles. The van der Waals surface area contributed by atoms with Gasteiger partial charge in [0.1, 0.15) is 16.7 Å². The van der Waals surface area contributed by atoms with Gasteiger partial charge >= 0.3 is 0 Å². The zero-order valence-electron chi connectivity index (χ0n) is 30.9. The van der Waals surface area contributed by atoms with Crippen molar-refractivity contribution in [3.63, 3.8) is 0 Å². The maximum Gasteiger partial charge on any atom is 0.233 e. The quantitative estimate of drug-likeness (QED) is 0.168. The second kappa shape index (κ2) is 31.4. The van der Waals surface area contributed by atoms with E-state index in [2.05, 4.69) is 92.2 Å². The van der Waals surface area contributed by atoms with Crippen LogP contribution in [0.15, 0.2) is 96.5 Å². The average molecular weight is 622 g/mol. The minimum atomic E-state index is 0.748. The second-order valence-corrected chi connectivity index (χ2v) is 10.6. The van der Waals surface area contributed by atoms with Gasteiger partial charge < -0.3 is 4.40 Å². The number of benzene rings is 1. The first-order valence-electron chi connectivity index (χ1n) is 16.4. The van der Waals surface area contributed by atoms with Crippen molar-refractivity contribution in [2.75, 3.05) is 0 Å². The summed E-state index contributed by atoms with van der Waals surface area (Å²) in [4.78, 5) is 12.0. The topological polar surface area (TPSA) is 86.4 Å². The summed E-state index contributed by atoms with van der Waals surface area (Å²) in [5.74, 6) is 3.25. The molecule has 0 aliphatic carbocycles. The molecule has 252 valence electrons. The maximum absolute atomic E-state index is 4.46. The van der Waals surface area contributed by atoms with Crippen molar-refractivity contribution in [1.29, 1.82) is 0 Å². The van der Waals surface area contributed by atoms with E-state index in [1.54, 1.807) is 18.6 Å². The van der Waals surface area contributed by atoms with Crippen molar-refractivity contribution in [3.8, 4) is 0 Å². The summed E-state index contributed by atoms with van der Waals surface area (Å²) in [7, 11) is 0. The highest BCUT2D eigenvalue weighted by molar-refractivity contribution is 5.72. The predicted octanol–water partition coefficient (Wildman–Crippen LogP) is 11.4. The van der Waals surface area contributed by atoms with Crippen molar-refractivity contribution >= 4 is 22.5 Å². The molecule has 6 rings (SSSR count). The molecule has 0 saturated carbocycles. The van der Waals surface area contributed by atoms with Gasteiger partial charge in [0.25, 0.3) is 0 Å². The summed E-state index contributed by atoms with van der Waals surface area (Å²) in [6.45, 7) is 31.5. The monoisotopic (exact) mass is 622 g/mol. The zero-order valence-corrected chi connectivity index (χ0v) is 30.9. The fourth-order valence-electron chi connectivity index (χ4n) is 2.35. The smallest absolute Gasteiger partial charge is 0.233 e. The van der Waals surface area contributed by atoms with E-state index in [1.807, 2.05) is 124 Å². The molecule has 0 bridgehead atoms. The molecular formula is C37H63N7O. The molecule has 5 heterocycles. The Kier molecular flexibility index (Phi) is 31.6. The Balaban J connectivity index is -0.000000471. The lowest BCUT2D eigenvalue weighted by Crippen LogP contribution is -1.82. The molecule has 5 aromatic heterocycles. The predicted molar refractivity (Wildman–Crippen MR) is 196 cm³/mol. The van der Waals surface area contributed by atoms with Crippen molar-refractivity contribution in [1.82, 2.24) is 34.1 Å². The Hall–Kier alpha value is -4.07. The number of imidazole rings is 2. The Morgan fingerprint density at radius 2 is 0.867 bits per heavy atom. The number of nitrogens with zero attached hydrogens (tertiary/aromatic N) is 7. The Morgan fingerprint density at radius 1 is 0.467 bits per heavy atom.